The molecule has 1 aliphatic heterocycles. The molecule has 0 radical (unpaired) electrons. The van der Waals surface area contributed by atoms with Gasteiger partial charge in [0.15, 0.2) is 5.78 Å². The topological polar surface area (TPSA) is 17.1 Å². The maximum atomic E-state index is 12.3. The molecule has 0 aromatic heterocycles. The summed E-state index contributed by atoms with van der Waals surface area (Å²) in [5.41, 5.74) is 2.11. The highest BCUT2D eigenvalue weighted by molar-refractivity contribution is 7.99. The van der Waals surface area contributed by atoms with Crippen LogP contribution in [-0.2, 0) is 0 Å². The quantitative estimate of drug-likeness (QED) is 0.608. The number of ketones is 1. The summed E-state index contributed by atoms with van der Waals surface area (Å²) in [5.74, 6) is 0.252. The first-order valence-corrected chi connectivity index (χ1v) is 7.97. The van der Waals surface area contributed by atoms with Crippen molar-refractivity contribution in [3.05, 3.63) is 77.9 Å². The molecule has 21 heavy (non-hydrogen) atoms. The average molecular weight is 290 g/mol. The van der Waals surface area contributed by atoms with Crippen molar-refractivity contribution in [2.24, 2.45) is 0 Å². The van der Waals surface area contributed by atoms with Gasteiger partial charge in [-0.3, -0.25) is 4.79 Å². The van der Waals surface area contributed by atoms with Gasteiger partial charge in [-0.1, -0.05) is 60.7 Å². The number of carbonyl (C=O) groups is 1. The molecule has 3 aromatic carbocycles. The normalized spacial score (nSPS) is 17.7. The minimum Gasteiger partial charge on any atom is -0.294 e. The molecule has 0 aliphatic carbocycles. The lowest BCUT2D eigenvalue weighted by Gasteiger charge is -2.23. The van der Waals surface area contributed by atoms with Crippen LogP contribution in [0.2, 0.25) is 0 Å². The van der Waals surface area contributed by atoms with Gasteiger partial charge in [0.2, 0.25) is 0 Å². The van der Waals surface area contributed by atoms with Gasteiger partial charge in [0, 0.05) is 22.1 Å². The third-order valence-electron chi connectivity index (χ3n) is 3.97. The second kappa shape index (κ2) is 5.05. The molecule has 0 saturated carbocycles. The molecule has 1 unspecified atom stereocenters. The first kappa shape index (κ1) is 12.7. The summed E-state index contributed by atoms with van der Waals surface area (Å²) >= 11 is 1.80. The molecule has 4 rings (SSSR count). The molecule has 0 saturated heterocycles. The van der Waals surface area contributed by atoms with Crippen molar-refractivity contribution < 1.29 is 4.79 Å². The molecule has 102 valence electrons. The number of hydrogen-bond donors (Lipinski definition) is 0. The minimum atomic E-state index is 0.219. The Balaban J connectivity index is 1.75. The summed E-state index contributed by atoms with van der Waals surface area (Å²) in [6.45, 7) is 0. The van der Waals surface area contributed by atoms with Gasteiger partial charge in [-0.05, 0) is 22.4 Å². The van der Waals surface area contributed by atoms with E-state index in [-0.39, 0.29) is 11.0 Å². The van der Waals surface area contributed by atoms with Crippen molar-refractivity contribution in [3.8, 4) is 0 Å². The van der Waals surface area contributed by atoms with E-state index in [0.717, 1.165) is 10.5 Å². The van der Waals surface area contributed by atoms with E-state index >= 15 is 0 Å². The second-order valence-corrected chi connectivity index (χ2v) is 6.58. The summed E-state index contributed by atoms with van der Waals surface area (Å²) < 4.78 is 0. The van der Waals surface area contributed by atoms with E-state index in [9.17, 15) is 4.79 Å². The molecule has 0 bridgehead atoms. The van der Waals surface area contributed by atoms with Crippen LogP contribution in [-0.4, -0.2) is 5.78 Å². The number of rotatable bonds is 1. The number of fused-ring (bicyclic) bond motifs is 2. The Morgan fingerprint density at radius 1 is 0.857 bits per heavy atom. The van der Waals surface area contributed by atoms with Gasteiger partial charge < -0.3 is 0 Å². The lowest BCUT2D eigenvalue weighted by atomic mass is 9.99. The average Bonchev–Trinajstić information content (AvgIpc) is 2.54. The van der Waals surface area contributed by atoms with E-state index in [1.807, 2.05) is 24.3 Å². The monoisotopic (exact) mass is 290 g/mol. The first-order valence-electron chi connectivity index (χ1n) is 7.09. The summed E-state index contributed by atoms with van der Waals surface area (Å²) in [7, 11) is 0. The smallest absolute Gasteiger partial charge is 0.165 e. The van der Waals surface area contributed by atoms with Gasteiger partial charge in [0.1, 0.15) is 0 Å². The van der Waals surface area contributed by atoms with Crippen molar-refractivity contribution >= 4 is 28.3 Å². The Bertz CT molecular complexity index is 838. The molecule has 1 nitrogen and oxygen atoms in total. The SMILES string of the molecule is O=C1CC(c2ccc3ccccc3c2)Sc2ccccc21. The molecular weight excluding hydrogens is 276 g/mol. The first-order chi connectivity index (χ1) is 10.3. The molecule has 1 aliphatic rings. The minimum absolute atomic E-state index is 0.219. The third kappa shape index (κ3) is 2.26. The van der Waals surface area contributed by atoms with Crippen molar-refractivity contribution in [2.45, 2.75) is 16.6 Å². The van der Waals surface area contributed by atoms with Crippen LogP contribution in [0.15, 0.2) is 71.6 Å². The van der Waals surface area contributed by atoms with Crippen LogP contribution in [0.5, 0.6) is 0 Å². The van der Waals surface area contributed by atoms with E-state index in [0.29, 0.717) is 6.42 Å². The molecule has 2 heteroatoms. The van der Waals surface area contributed by atoms with E-state index in [1.165, 1.54) is 16.3 Å². The molecule has 3 aromatic rings. The maximum Gasteiger partial charge on any atom is 0.165 e. The van der Waals surface area contributed by atoms with E-state index in [2.05, 4.69) is 42.5 Å². The van der Waals surface area contributed by atoms with E-state index in [1.54, 1.807) is 11.8 Å². The predicted octanol–water partition coefficient (Wildman–Crippen LogP) is 5.26. The fourth-order valence-electron chi connectivity index (χ4n) is 2.87. The molecular formula is C19H14OS. The van der Waals surface area contributed by atoms with Crippen molar-refractivity contribution in [1.82, 2.24) is 0 Å². The summed E-state index contributed by atoms with van der Waals surface area (Å²) in [4.78, 5) is 13.4. The Hall–Kier alpha value is -2.06. The van der Waals surface area contributed by atoms with Crippen molar-refractivity contribution in [3.63, 3.8) is 0 Å². The Morgan fingerprint density at radius 2 is 1.62 bits per heavy atom. The van der Waals surface area contributed by atoms with Gasteiger partial charge in [0.25, 0.3) is 0 Å². The largest absolute Gasteiger partial charge is 0.294 e. The van der Waals surface area contributed by atoms with Gasteiger partial charge in [0.05, 0.1) is 0 Å². The summed E-state index contributed by atoms with van der Waals surface area (Å²) in [6.07, 6.45) is 0.583. The Labute approximate surface area is 128 Å². The number of Topliss-reactive ketones (excluding diaryl/α,β-unsaturated/α-hetero) is 1. The third-order valence-corrected chi connectivity index (χ3v) is 5.31. The second-order valence-electron chi connectivity index (χ2n) is 5.34. The van der Waals surface area contributed by atoms with Crippen LogP contribution in [0.3, 0.4) is 0 Å². The number of benzene rings is 3. The number of hydrogen-bond acceptors (Lipinski definition) is 2. The van der Waals surface area contributed by atoms with Crippen LogP contribution >= 0.6 is 11.8 Å². The fraction of sp³-hybridized carbons (Fsp3) is 0.105. The highest BCUT2D eigenvalue weighted by atomic mass is 32.2. The van der Waals surface area contributed by atoms with Crippen molar-refractivity contribution in [2.75, 3.05) is 0 Å². The molecule has 0 spiro atoms. The zero-order valence-corrected chi connectivity index (χ0v) is 12.3. The van der Waals surface area contributed by atoms with Crippen LogP contribution < -0.4 is 0 Å². The predicted molar refractivity (Wildman–Crippen MR) is 87.9 cm³/mol. The highest BCUT2D eigenvalue weighted by Gasteiger charge is 2.26. The number of carbonyl (C=O) groups excluding carboxylic acids is 1. The highest BCUT2D eigenvalue weighted by Crippen LogP contribution is 2.44. The van der Waals surface area contributed by atoms with Gasteiger partial charge >= 0.3 is 0 Å². The zero-order valence-electron chi connectivity index (χ0n) is 11.5. The lowest BCUT2D eigenvalue weighted by molar-refractivity contribution is 0.0976. The van der Waals surface area contributed by atoms with E-state index < -0.39 is 0 Å². The van der Waals surface area contributed by atoms with E-state index in [4.69, 9.17) is 0 Å². The standard InChI is InChI=1S/C19H14OS/c20-17-12-19(21-18-8-4-3-7-16(17)18)15-10-9-13-5-1-2-6-14(13)11-15/h1-11,19H,12H2. The van der Waals surface area contributed by atoms with Gasteiger partial charge in [-0.25, -0.2) is 0 Å². The maximum absolute atomic E-state index is 12.3. The van der Waals surface area contributed by atoms with Crippen LogP contribution in [0.4, 0.5) is 0 Å². The summed E-state index contributed by atoms with van der Waals surface area (Å²) in [5, 5.41) is 2.70. The van der Waals surface area contributed by atoms with Gasteiger partial charge in [-0.2, -0.15) is 0 Å². The summed E-state index contributed by atoms with van der Waals surface area (Å²) in [6, 6.07) is 22.8. The molecule has 1 heterocycles. The zero-order chi connectivity index (χ0) is 14.2. The molecule has 0 amide bonds. The fourth-order valence-corrected chi connectivity index (χ4v) is 4.16. The van der Waals surface area contributed by atoms with Crippen molar-refractivity contribution in [1.29, 1.82) is 0 Å². The lowest BCUT2D eigenvalue weighted by Crippen LogP contribution is -2.11. The molecule has 1 atom stereocenters. The number of thioether (sulfide) groups is 1. The van der Waals surface area contributed by atoms with Crippen LogP contribution in [0.1, 0.15) is 27.6 Å². The Kier molecular flexibility index (Phi) is 3.04. The Morgan fingerprint density at radius 3 is 2.52 bits per heavy atom. The molecule has 0 N–H and O–H groups in total. The van der Waals surface area contributed by atoms with Gasteiger partial charge in [-0.15, -0.1) is 11.8 Å². The van der Waals surface area contributed by atoms with Crippen LogP contribution in [0.25, 0.3) is 10.8 Å². The van der Waals surface area contributed by atoms with Crippen LogP contribution in [0, 0.1) is 0 Å². The molecule has 0 fully saturated rings.